The molecule has 1 aliphatic heterocycles. The molecule has 0 unspecified atom stereocenters. The molecule has 0 bridgehead atoms. The predicted octanol–water partition coefficient (Wildman–Crippen LogP) is 5.90. The summed E-state index contributed by atoms with van der Waals surface area (Å²) in [5, 5.41) is 9.15. The summed E-state index contributed by atoms with van der Waals surface area (Å²) < 4.78 is 24.3. The van der Waals surface area contributed by atoms with Gasteiger partial charge in [-0.25, -0.2) is 0 Å². The Kier molecular flexibility index (Phi) is 5.23. The number of aromatic nitrogens is 2. The fourth-order valence-electron chi connectivity index (χ4n) is 6.28. The summed E-state index contributed by atoms with van der Waals surface area (Å²) in [7, 11) is 5.03. The van der Waals surface area contributed by atoms with Crippen molar-refractivity contribution in [3.8, 4) is 23.0 Å². The molecule has 6 nitrogen and oxygen atoms in total. The van der Waals surface area contributed by atoms with Gasteiger partial charge in [0.15, 0.2) is 5.60 Å². The van der Waals surface area contributed by atoms with Gasteiger partial charge < -0.3 is 18.9 Å². The number of thioether (sulfide) groups is 1. The van der Waals surface area contributed by atoms with Crippen LogP contribution in [0.1, 0.15) is 40.8 Å². The standard InChI is InChI=1S/C29H28N2O4S/c1-28-25-21(34-4)15-20(33-3)16-22(25)35-29(28,18-11-13-19(32-2)14-12-18)24(17-9-7-6-8-10-17)23-26(28)30-31-27(23)36-5/h6-16,24H,1-5H3,(H,30,31)/t24-,28-,29+/m1/s1. The van der Waals surface area contributed by atoms with Crippen molar-refractivity contribution in [2.45, 2.75) is 28.9 Å². The Morgan fingerprint density at radius 3 is 2.28 bits per heavy atom. The number of rotatable bonds is 6. The minimum Gasteiger partial charge on any atom is -0.497 e. The number of H-pyrrole nitrogens is 1. The molecule has 0 saturated heterocycles. The van der Waals surface area contributed by atoms with E-state index in [4.69, 9.17) is 24.0 Å². The Balaban J connectivity index is 1.74. The molecule has 6 rings (SSSR count). The van der Waals surface area contributed by atoms with Gasteiger partial charge in [0.25, 0.3) is 0 Å². The number of ether oxygens (including phenoxy) is 4. The predicted molar refractivity (Wildman–Crippen MR) is 140 cm³/mol. The fraction of sp³-hybridized carbons (Fsp3) is 0.276. The maximum absolute atomic E-state index is 7.22. The Morgan fingerprint density at radius 1 is 0.917 bits per heavy atom. The molecular weight excluding hydrogens is 472 g/mol. The van der Waals surface area contributed by atoms with Crippen LogP contribution in [0.25, 0.3) is 0 Å². The molecule has 184 valence electrons. The normalized spacial score (nSPS) is 23.4. The third-order valence-electron chi connectivity index (χ3n) is 7.82. The molecule has 36 heavy (non-hydrogen) atoms. The van der Waals surface area contributed by atoms with E-state index in [1.165, 1.54) is 0 Å². The first-order chi connectivity index (χ1) is 17.5. The van der Waals surface area contributed by atoms with Crippen molar-refractivity contribution < 1.29 is 18.9 Å². The largest absolute Gasteiger partial charge is 0.497 e. The molecule has 0 fully saturated rings. The minimum atomic E-state index is -0.808. The summed E-state index contributed by atoms with van der Waals surface area (Å²) in [6.07, 6.45) is 2.06. The van der Waals surface area contributed by atoms with Crippen LogP contribution in [-0.2, 0) is 11.0 Å². The molecule has 2 heterocycles. The van der Waals surface area contributed by atoms with Gasteiger partial charge in [-0.2, -0.15) is 5.10 Å². The molecule has 0 amide bonds. The quantitative estimate of drug-likeness (QED) is 0.333. The van der Waals surface area contributed by atoms with Crippen molar-refractivity contribution in [1.82, 2.24) is 10.2 Å². The van der Waals surface area contributed by atoms with E-state index in [1.54, 1.807) is 33.1 Å². The van der Waals surface area contributed by atoms with Gasteiger partial charge >= 0.3 is 0 Å². The Hall–Kier alpha value is -3.58. The molecular formula is C29H28N2O4S. The van der Waals surface area contributed by atoms with E-state index in [9.17, 15) is 0 Å². The van der Waals surface area contributed by atoms with Crippen LogP contribution in [0, 0.1) is 0 Å². The van der Waals surface area contributed by atoms with Crippen LogP contribution in [0.2, 0.25) is 0 Å². The Bertz CT molecular complexity index is 1440. The van der Waals surface area contributed by atoms with Crippen LogP contribution < -0.4 is 18.9 Å². The van der Waals surface area contributed by atoms with Crippen molar-refractivity contribution in [1.29, 1.82) is 0 Å². The van der Waals surface area contributed by atoms with E-state index in [0.29, 0.717) is 5.75 Å². The van der Waals surface area contributed by atoms with Crippen LogP contribution in [0.5, 0.6) is 23.0 Å². The molecule has 1 N–H and O–H groups in total. The van der Waals surface area contributed by atoms with E-state index in [-0.39, 0.29) is 5.92 Å². The monoisotopic (exact) mass is 500 g/mol. The minimum absolute atomic E-state index is 0.128. The average molecular weight is 501 g/mol. The Morgan fingerprint density at radius 2 is 1.64 bits per heavy atom. The summed E-state index contributed by atoms with van der Waals surface area (Å²) >= 11 is 1.64. The molecule has 0 radical (unpaired) electrons. The van der Waals surface area contributed by atoms with Gasteiger partial charge in [0.1, 0.15) is 28.0 Å². The Labute approximate surface area is 214 Å². The molecule has 3 aromatic carbocycles. The summed E-state index contributed by atoms with van der Waals surface area (Å²) in [4.78, 5) is 0. The SMILES string of the molecule is COc1ccc([C@@]23Oc4cc(OC)cc(OC)c4[C@]2(C)c2[nH]nc(SC)c2[C@H]3c2ccccc2)cc1. The van der Waals surface area contributed by atoms with Gasteiger partial charge in [-0.3, -0.25) is 5.10 Å². The zero-order valence-corrected chi connectivity index (χ0v) is 21.7. The lowest BCUT2D eigenvalue weighted by Crippen LogP contribution is -2.48. The van der Waals surface area contributed by atoms with Crippen molar-refractivity contribution >= 4 is 11.8 Å². The van der Waals surface area contributed by atoms with E-state index in [2.05, 4.69) is 54.7 Å². The van der Waals surface area contributed by atoms with Crippen molar-refractivity contribution in [2.24, 2.45) is 0 Å². The highest BCUT2D eigenvalue weighted by atomic mass is 32.2. The first kappa shape index (κ1) is 22.9. The molecule has 4 aromatic rings. The first-order valence-corrected chi connectivity index (χ1v) is 13.0. The van der Waals surface area contributed by atoms with E-state index in [1.807, 2.05) is 30.3 Å². The lowest BCUT2D eigenvalue weighted by atomic mass is 9.64. The summed E-state index contributed by atoms with van der Waals surface area (Å²) in [5.41, 5.74) is 3.96. The van der Waals surface area contributed by atoms with Crippen LogP contribution in [0.4, 0.5) is 0 Å². The number of hydrogen-bond acceptors (Lipinski definition) is 6. The molecule has 7 heteroatoms. The maximum Gasteiger partial charge on any atom is 0.160 e. The second-order valence-electron chi connectivity index (χ2n) is 9.26. The second-order valence-corrected chi connectivity index (χ2v) is 10.1. The number of fused-ring (bicyclic) bond motifs is 5. The number of nitrogens with zero attached hydrogens (tertiary/aromatic N) is 1. The van der Waals surface area contributed by atoms with Crippen LogP contribution in [0.15, 0.2) is 71.8 Å². The third-order valence-corrected chi connectivity index (χ3v) is 8.52. The lowest BCUT2D eigenvalue weighted by Gasteiger charge is -2.42. The smallest absolute Gasteiger partial charge is 0.160 e. The van der Waals surface area contributed by atoms with Gasteiger partial charge in [-0.1, -0.05) is 42.5 Å². The number of nitrogens with one attached hydrogen (secondary N) is 1. The fourth-order valence-corrected chi connectivity index (χ4v) is 6.86. The molecule has 2 aliphatic rings. The summed E-state index contributed by atoms with van der Waals surface area (Å²) in [5.74, 6) is 2.82. The maximum atomic E-state index is 7.22. The highest BCUT2D eigenvalue weighted by Gasteiger charge is 2.71. The molecule has 1 aromatic heterocycles. The van der Waals surface area contributed by atoms with Crippen LogP contribution in [0.3, 0.4) is 0 Å². The van der Waals surface area contributed by atoms with Gasteiger partial charge in [0.2, 0.25) is 0 Å². The zero-order chi connectivity index (χ0) is 25.1. The summed E-state index contributed by atoms with van der Waals surface area (Å²) in [6.45, 7) is 2.24. The van der Waals surface area contributed by atoms with Crippen molar-refractivity contribution in [3.05, 3.63) is 94.7 Å². The second kappa shape index (κ2) is 8.23. The van der Waals surface area contributed by atoms with Gasteiger partial charge in [-0.15, -0.1) is 11.8 Å². The number of methoxy groups -OCH3 is 3. The third kappa shape index (κ3) is 2.77. The summed E-state index contributed by atoms with van der Waals surface area (Å²) in [6, 6.07) is 22.7. The molecule has 0 spiro atoms. The number of hydrogen-bond donors (Lipinski definition) is 1. The average Bonchev–Trinajstić information content (AvgIpc) is 3.53. The van der Waals surface area contributed by atoms with Gasteiger partial charge in [0.05, 0.1) is 43.9 Å². The topological polar surface area (TPSA) is 65.6 Å². The first-order valence-electron chi connectivity index (χ1n) is 11.8. The molecule has 0 saturated carbocycles. The number of aromatic amines is 1. The number of benzene rings is 3. The van der Waals surface area contributed by atoms with Crippen LogP contribution in [-0.4, -0.2) is 37.8 Å². The highest BCUT2D eigenvalue weighted by Crippen LogP contribution is 2.71. The highest BCUT2D eigenvalue weighted by molar-refractivity contribution is 7.98. The zero-order valence-electron chi connectivity index (χ0n) is 20.9. The van der Waals surface area contributed by atoms with Gasteiger partial charge in [0, 0.05) is 17.7 Å². The van der Waals surface area contributed by atoms with E-state index in [0.717, 1.165) is 50.2 Å². The molecule has 3 atom stereocenters. The van der Waals surface area contributed by atoms with E-state index >= 15 is 0 Å². The van der Waals surface area contributed by atoms with Gasteiger partial charge in [-0.05, 0) is 36.4 Å². The lowest BCUT2D eigenvalue weighted by molar-refractivity contribution is 0.0327. The van der Waals surface area contributed by atoms with Crippen molar-refractivity contribution in [2.75, 3.05) is 27.6 Å². The van der Waals surface area contributed by atoms with Crippen LogP contribution >= 0.6 is 11.8 Å². The van der Waals surface area contributed by atoms with E-state index < -0.39 is 11.0 Å². The van der Waals surface area contributed by atoms with Crippen molar-refractivity contribution in [3.63, 3.8) is 0 Å². The molecule has 1 aliphatic carbocycles.